The summed E-state index contributed by atoms with van der Waals surface area (Å²) < 4.78 is 5.08. The molecule has 0 saturated carbocycles. The van der Waals surface area contributed by atoms with Gasteiger partial charge in [-0.1, -0.05) is 12.1 Å². The molecule has 28 heavy (non-hydrogen) atoms. The molecule has 0 heterocycles. The van der Waals surface area contributed by atoms with Crippen LogP contribution in [-0.4, -0.2) is 18.1 Å². The largest absolute Gasteiger partial charge is 0.497 e. The van der Waals surface area contributed by atoms with Crippen LogP contribution in [0, 0.1) is 22.7 Å². The van der Waals surface area contributed by atoms with Gasteiger partial charge in [0.05, 0.1) is 18.4 Å². The molecule has 0 saturated heterocycles. The van der Waals surface area contributed by atoms with E-state index in [1.54, 1.807) is 67.8 Å². The zero-order valence-electron chi connectivity index (χ0n) is 14.8. The number of benzene rings is 2. The first-order valence-electron chi connectivity index (χ1n) is 7.94. The molecule has 2 aromatic rings. The minimum atomic E-state index is -0.453. The van der Waals surface area contributed by atoms with Gasteiger partial charge in [0.1, 0.15) is 23.5 Å². The second-order valence-corrected chi connectivity index (χ2v) is 5.64. The number of para-hydroxylation sites is 1. The number of carbonyl (C=O) groups excluding carboxylic acids is 1. The Bertz CT molecular complexity index is 957. The molecule has 140 valence electrons. The number of allylic oxidation sites excluding steroid dienone is 1. The third kappa shape index (κ3) is 5.73. The van der Waals surface area contributed by atoms with Crippen molar-refractivity contribution in [2.75, 3.05) is 17.7 Å². The van der Waals surface area contributed by atoms with Gasteiger partial charge >= 0.3 is 0 Å². The van der Waals surface area contributed by atoms with Crippen molar-refractivity contribution in [1.29, 1.82) is 10.5 Å². The smallest absolute Gasteiger partial charge is 0.271 e. The summed E-state index contributed by atoms with van der Waals surface area (Å²) in [6.45, 7) is 0. The number of hydrogen-bond acceptors (Lipinski definition) is 6. The Labute approximate surface area is 167 Å². The van der Waals surface area contributed by atoms with Gasteiger partial charge in [0, 0.05) is 11.9 Å². The quantitative estimate of drug-likeness (QED) is 0.348. The van der Waals surface area contributed by atoms with Crippen molar-refractivity contribution in [2.45, 2.75) is 0 Å². The lowest BCUT2D eigenvalue weighted by Crippen LogP contribution is -2.43. The van der Waals surface area contributed by atoms with Gasteiger partial charge in [0.2, 0.25) is 0 Å². The summed E-state index contributed by atoms with van der Waals surface area (Å²) in [6.07, 6.45) is 1.23. The van der Waals surface area contributed by atoms with Crippen molar-refractivity contribution in [3.63, 3.8) is 0 Å². The molecule has 0 aromatic heterocycles. The summed E-state index contributed by atoms with van der Waals surface area (Å²) in [6, 6.07) is 17.2. The van der Waals surface area contributed by atoms with Crippen LogP contribution in [0.2, 0.25) is 0 Å². The zero-order valence-corrected chi connectivity index (χ0v) is 15.6. The van der Waals surface area contributed by atoms with Gasteiger partial charge in [-0.05, 0) is 48.6 Å². The fourth-order valence-electron chi connectivity index (χ4n) is 2.06. The Morgan fingerprint density at radius 3 is 2.39 bits per heavy atom. The molecule has 0 aliphatic carbocycles. The predicted molar refractivity (Wildman–Crippen MR) is 109 cm³/mol. The van der Waals surface area contributed by atoms with Crippen LogP contribution in [0.3, 0.4) is 0 Å². The van der Waals surface area contributed by atoms with E-state index >= 15 is 0 Å². The molecular weight excluding hydrogens is 376 g/mol. The number of carbonyl (C=O) groups is 1. The molecule has 0 bridgehead atoms. The number of hydrazine groups is 1. The second-order valence-electron chi connectivity index (χ2n) is 5.23. The van der Waals surface area contributed by atoms with E-state index < -0.39 is 5.91 Å². The molecule has 0 fully saturated rings. The first-order valence-corrected chi connectivity index (χ1v) is 8.35. The van der Waals surface area contributed by atoms with Crippen molar-refractivity contribution >= 4 is 34.6 Å². The maximum absolute atomic E-state index is 12.4. The van der Waals surface area contributed by atoms with E-state index in [-0.39, 0.29) is 10.7 Å². The molecule has 0 spiro atoms. The number of anilines is 2. The van der Waals surface area contributed by atoms with E-state index in [4.69, 9.17) is 27.5 Å². The van der Waals surface area contributed by atoms with Crippen LogP contribution in [0.25, 0.3) is 0 Å². The average molecular weight is 392 g/mol. The van der Waals surface area contributed by atoms with Gasteiger partial charge in [0.15, 0.2) is 5.11 Å². The van der Waals surface area contributed by atoms with Crippen LogP contribution < -0.4 is 26.2 Å². The lowest BCUT2D eigenvalue weighted by molar-refractivity contribution is 0.0945. The number of nitrogens with zero attached hydrogens (tertiary/aromatic N) is 2. The lowest BCUT2D eigenvalue weighted by Gasteiger charge is -2.13. The number of nitriles is 2. The summed E-state index contributed by atoms with van der Waals surface area (Å²) in [4.78, 5) is 12.4. The molecule has 9 heteroatoms. The monoisotopic (exact) mass is 392 g/mol. The van der Waals surface area contributed by atoms with Crippen molar-refractivity contribution in [2.24, 2.45) is 0 Å². The minimum absolute atomic E-state index is 0.113. The van der Waals surface area contributed by atoms with Crippen molar-refractivity contribution in [3.05, 3.63) is 65.9 Å². The van der Waals surface area contributed by atoms with Crippen molar-refractivity contribution in [3.8, 4) is 17.9 Å². The van der Waals surface area contributed by atoms with Gasteiger partial charge < -0.3 is 15.4 Å². The molecule has 0 unspecified atom stereocenters. The molecule has 0 aliphatic heterocycles. The number of methoxy groups -OCH3 is 1. The first-order chi connectivity index (χ1) is 13.6. The Kier molecular flexibility index (Phi) is 7.34. The highest BCUT2D eigenvalue weighted by atomic mass is 32.1. The Morgan fingerprint density at radius 1 is 1.07 bits per heavy atom. The number of hydrogen-bond donors (Lipinski definition) is 4. The second kappa shape index (κ2) is 10.2. The van der Waals surface area contributed by atoms with Crippen LogP contribution in [0.5, 0.6) is 5.75 Å². The summed E-state index contributed by atoms with van der Waals surface area (Å²) in [5, 5.41) is 23.5. The number of rotatable bonds is 5. The van der Waals surface area contributed by atoms with E-state index in [0.29, 0.717) is 17.0 Å². The van der Waals surface area contributed by atoms with Gasteiger partial charge in [0.25, 0.3) is 5.91 Å². The summed E-state index contributed by atoms with van der Waals surface area (Å²) in [5.74, 6) is 0.262. The summed E-state index contributed by atoms with van der Waals surface area (Å²) in [7, 11) is 1.58. The highest BCUT2D eigenvalue weighted by molar-refractivity contribution is 7.80. The summed E-state index contributed by atoms with van der Waals surface area (Å²) in [5.41, 5.74) is 6.44. The summed E-state index contributed by atoms with van der Waals surface area (Å²) >= 11 is 5.15. The average Bonchev–Trinajstić information content (AvgIpc) is 2.73. The van der Waals surface area contributed by atoms with E-state index in [1.165, 1.54) is 6.20 Å². The van der Waals surface area contributed by atoms with E-state index in [9.17, 15) is 4.79 Å². The highest BCUT2D eigenvalue weighted by Crippen LogP contribution is 2.16. The minimum Gasteiger partial charge on any atom is -0.497 e. The van der Waals surface area contributed by atoms with Crippen LogP contribution >= 0.6 is 12.2 Å². The van der Waals surface area contributed by atoms with E-state index in [2.05, 4.69) is 21.5 Å². The van der Waals surface area contributed by atoms with Crippen molar-refractivity contribution < 1.29 is 9.53 Å². The number of nitrogens with one attached hydrogen (secondary N) is 4. The van der Waals surface area contributed by atoms with Crippen LogP contribution in [-0.2, 0) is 0 Å². The number of amides is 1. The number of ether oxygens (including phenoxy) is 1. The molecular formula is C19H16N6O2S. The molecule has 0 atom stereocenters. The SMILES string of the molecule is COc1ccc(NC(=S)NNC(=O)c2ccccc2NC=C(C#N)C#N)cc1. The molecule has 4 N–H and O–H groups in total. The standard InChI is InChI=1S/C19H16N6O2S/c1-27-15-8-6-14(7-9-15)23-19(28)25-24-18(26)16-4-2-3-5-17(16)22-12-13(10-20)11-21/h2-9,12,22H,1H3,(H,24,26)(H2,23,25,28). The molecule has 8 nitrogen and oxygen atoms in total. The lowest BCUT2D eigenvalue weighted by atomic mass is 10.1. The fourth-order valence-corrected chi connectivity index (χ4v) is 2.23. The highest BCUT2D eigenvalue weighted by Gasteiger charge is 2.11. The Hall–Kier alpha value is -4.08. The molecule has 0 aliphatic rings. The maximum atomic E-state index is 12.4. The van der Waals surface area contributed by atoms with Crippen LogP contribution in [0.1, 0.15) is 10.4 Å². The third-order valence-electron chi connectivity index (χ3n) is 3.42. The predicted octanol–water partition coefficient (Wildman–Crippen LogP) is 2.67. The van der Waals surface area contributed by atoms with Crippen LogP contribution in [0.15, 0.2) is 60.3 Å². The molecule has 0 radical (unpaired) electrons. The van der Waals surface area contributed by atoms with Gasteiger partial charge in [-0.3, -0.25) is 15.6 Å². The van der Waals surface area contributed by atoms with E-state index in [1.807, 2.05) is 0 Å². The molecule has 2 aromatic carbocycles. The normalized spacial score (nSPS) is 9.11. The van der Waals surface area contributed by atoms with Gasteiger partial charge in [-0.2, -0.15) is 10.5 Å². The van der Waals surface area contributed by atoms with E-state index in [0.717, 1.165) is 5.69 Å². The third-order valence-corrected chi connectivity index (χ3v) is 3.63. The zero-order chi connectivity index (χ0) is 20.4. The fraction of sp³-hybridized carbons (Fsp3) is 0.0526. The van der Waals surface area contributed by atoms with Gasteiger partial charge in [-0.25, -0.2) is 0 Å². The Morgan fingerprint density at radius 2 is 1.75 bits per heavy atom. The maximum Gasteiger partial charge on any atom is 0.271 e. The van der Waals surface area contributed by atoms with Gasteiger partial charge in [-0.15, -0.1) is 0 Å². The van der Waals surface area contributed by atoms with Crippen molar-refractivity contribution in [1.82, 2.24) is 10.9 Å². The molecule has 1 amide bonds. The topological polar surface area (TPSA) is 122 Å². The molecule has 2 rings (SSSR count). The Balaban J connectivity index is 1.97. The van der Waals surface area contributed by atoms with Crippen LogP contribution in [0.4, 0.5) is 11.4 Å². The first kappa shape index (κ1) is 20.2. The number of thiocarbonyl (C=S) groups is 1.